The minimum Gasteiger partial charge on any atom is -0.462 e. The van der Waals surface area contributed by atoms with Crippen LogP contribution in [0.25, 0.3) is 5.57 Å². The quantitative estimate of drug-likeness (QED) is 0.592. The molecule has 1 aromatic carbocycles. The third kappa shape index (κ3) is 5.56. The van der Waals surface area contributed by atoms with Crippen molar-refractivity contribution in [3.05, 3.63) is 47.3 Å². The highest BCUT2D eigenvalue weighted by molar-refractivity contribution is 5.78. The number of aliphatic hydroxyl groups excluding tert-OH is 2. The van der Waals surface area contributed by atoms with Gasteiger partial charge in [0, 0.05) is 27.0 Å². The second-order valence-electron chi connectivity index (χ2n) is 8.69. The number of hydrogen-bond acceptors (Lipinski definition) is 6. The summed E-state index contributed by atoms with van der Waals surface area (Å²) in [7, 11) is 1.45. The molecule has 1 heterocycles. The van der Waals surface area contributed by atoms with E-state index in [0.717, 1.165) is 16.7 Å². The van der Waals surface area contributed by atoms with Crippen LogP contribution < -0.4 is 10.1 Å². The molecule has 4 atom stereocenters. The molecule has 3 rings (SSSR count). The van der Waals surface area contributed by atoms with E-state index in [2.05, 4.69) is 5.32 Å². The zero-order chi connectivity index (χ0) is 23.5. The number of halogens is 1. The fourth-order valence-corrected chi connectivity index (χ4v) is 4.18. The smallest absolute Gasteiger partial charge is 0.229 e. The molecule has 8 heteroatoms. The first-order valence-corrected chi connectivity index (χ1v) is 10.8. The maximum absolute atomic E-state index is 14.0. The van der Waals surface area contributed by atoms with Crippen molar-refractivity contribution in [1.29, 1.82) is 0 Å². The average Bonchev–Trinajstić information content (AvgIpc) is 2.72. The maximum atomic E-state index is 14.0. The third-order valence-corrected chi connectivity index (χ3v) is 5.77. The largest absolute Gasteiger partial charge is 0.462 e. The van der Waals surface area contributed by atoms with Crippen LogP contribution in [0.3, 0.4) is 0 Å². The summed E-state index contributed by atoms with van der Waals surface area (Å²) >= 11 is 0. The van der Waals surface area contributed by atoms with Gasteiger partial charge in [0.2, 0.25) is 12.2 Å². The highest BCUT2D eigenvalue weighted by atomic mass is 19.1. The van der Waals surface area contributed by atoms with E-state index in [0.29, 0.717) is 31.6 Å². The monoisotopic (exact) mass is 449 g/mol. The van der Waals surface area contributed by atoms with Crippen molar-refractivity contribution in [2.24, 2.45) is 0 Å². The van der Waals surface area contributed by atoms with Crippen LogP contribution in [0.2, 0.25) is 0 Å². The van der Waals surface area contributed by atoms with Gasteiger partial charge >= 0.3 is 0 Å². The fraction of sp³-hybridized carbons (Fsp3) is 0.542. The second kappa shape index (κ2) is 10.1. The fourth-order valence-electron chi connectivity index (χ4n) is 4.18. The van der Waals surface area contributed by atoms with Gasteiger partial charge in [0.1, 0.15) is 29.9 Å². The van der Waals surface area contributed by atoms with Crippen LogP contribution in [0.1, 0.15) is 44.7 Å². The number of carbonyl (C=O) groups is 1. The van der Waals surface area contributed by atoms with Crippen molar-refractivity contribution in [3.63, 3.8) is 0 Å². The van der Waals surface area contributed by atoms with Gasteiger partial charge in [-0.15, -0.1) is 0 Å². The number of nitrogens with one attached hydrogen (secondary N) is 1. The summed E-state index contributed by atoms with van der Waals surface area (Å²) in [5, 5.41) is 23.8. The SMILES string of the molecule is CO[C@@H]1[C@@H](O)[C@@H](O)[C@H](Oc2ccc(CCNC(C)=O)c(C3=CCCC(F)=C3)c2)OC1(C)C. The van der Waals surface area contributed by atoms with Crippen LogP contribution in [-0.4, -0.2) is 60.0 Å². The molecule has 32 heavy (non-hydrogen) atoms. The number of methoxy groups -OCH3 is 1. The number of ether oxygens (including phenoxy) is 3. The van der Waals surface area contributed by atoms with Crippen LogP contribution in [-0.2, 0) is 20.7 Å². The number of aliphatic hydroxyl groups is 2. The first-order chi connectivity index (χ1) is 15.1. The van der Waals surface area contributed by atoms with Gasteiger partial charge in [-0.1, -0.05) is 12.1 Å². The van der Waals surface area contributed by atoms with E-state index in [1.165, 1.54) is 20.1 Å². The Morgan fingerprint density at radius 3 is 2.72 bits per heavy atom. The zero-order valence-corrected chi connectivity index (χ0v) is 18.9. The van der Waals surface area contributed by atoms with Crippen molar-refractivity contribution in [1.82, 2.24) is 5.32 Å². The standard InChI is InChI=1S/C24H32FNO6/c1-14(27)26-11-10-15-8-9-18(13-19(15)16-6-5-7-17(25)12-16)31-23-21(29)20(28)22(30-4)24(2,3)32-23/h6,8-9,12-13,20-23,28-29H,5,7,10-11H2,1-4H3,(H,26,27)/t20-,21+,22+,23+/m0/s1. The van der Waals surface area contributed by atoms with E-state index >= 15 is 0 Å². The van der Waals surface area contributed by atoms with E-state index in [9.17, 15) is 19.4 Å². The number of carbonyl (C=O) groups excluding carboxylic acids is 1. The maximum Gasteiger partial charge on any atom is 0.229 e. The van der Waals surface area contributed by atoms with Gasteiger partial charge in [0.05, 0.1) is 5.60 Å². The first kappa shape index (κ1) is 24.4. The number of amides is 1. The summed E-state index contributed by atoms with van der Waals surface area (Å²) < 4.78 is 31.1. The predicted molar refractivity (Wildman–Crippen MR) is 118 cm³/mol. The Kier molecular flexibility index (Phi) is 7.71. The summed E-state index contributed by atoms with van der Waals surface area (Å²) in [6, 6.07) is 5.35. The van der Waals surface area contributed by atoms with Crippen molar-refractivity contribution < 1.29 is 33.6 Å². The molecule has 1 fully saturated rings. The van der Waals surface area contributed by atoms with Crippen molar-refractivity contribution in [3.8, 4) is 5.75 Å². The van der Waals surface area contributed by atoms with Crippen molar-refractivity contribution in [2.45, 2.75) is 70.2 Å². The Labute approximate surface area is 187 Å². The summed E-state index contributed by atoms with van der Waals surface area (Å²) in [6.07, 6.45) is 0.657. The van der Waals surface area contributed by atoms with Crippen LogP contribution in [0.5, 0.6) is 5.75 Å². The predicted octanol–water partition coefficient (Wildman–Crippen LogP) is 2.65. The molecule has 176 valence electrons. The van der Waals surface area contributed by atoms with Gasteiger partial charge < -0.3 is 29.7 Å². The zero-order valence-electron chi connectivity index (χ0n) is 18.9. The van der Waals surface area contributed by atoms with E-state index in [4.69, 9.17) is 14.2 Å². The first-order valence-electron chi connectivity index (χ1n) is 10.8. The third-order valence-electron chi connectivity index (χ3n) is 5.77. The molecular weight excluding hydrogens is 417 g/mol. The summed E-state index contributed by atoms with van der Waals surface area (Å²) in [4.78, 5) is 11.2. The van der Waals surface area contributed by atoms with Gasteiger partial charge in [-0.25, -0.2) is 4.39 Å². The highest BCUT2D eigenvalue weighted by Crippen LogP contribution is 2.35. The lowest BCUT2D eigenvalue weighted by atomic mass is 9.89. The molecule has 1 saturated heterocycles. The van der Waals surface area contributed by atoms with E-state index in [-0.39, 0.29) is 11.7 Å². The van der Waals surface area contributed by atoms with Crippen LogP contribution in [0, 0.1) is 0 Å². The minimum atomic E-state index is -1.32. The summed E-state index contributed by atoms with van der Waals surface area (Å²) in [5.41, 5.74) is 1.55. The molecule has 1 aromatic rings. The lowest BCUT2D eigenvalue weighted by Crippen LogP contribution is -2.63. The van der Waals surface area contributed by atoms with Crippen LogP contribution in [0.15, 0.2) is 36.2 Å². The highest BCUT2D eigenvalue weighted by Gasteiger charge is 2.50. The molecule has 0 unspecified atom stereocenters. The molecule has 1 aliphatic heterocycles. The van der Waals surface area contributed by atoms with Gasteiger partial charge in [0.25, 0.3) is 0 Å². The Hall–Kier alpha value is -2.26. The van der Waals surface area contributed by atoms with Gasteiger partial charge in [-0.2, -0.15) is 0 Å². The molecule has 7 nitrogen and oxygen atoms in total. The lowest BCUT2D eigenvalue weighted by molar-refractivity contribution is -0.305. The van der Waals surface area contributed by atoms with Gasteiger partial charge in [-0.05, 0) is 61.6 Å². The van der Waals surface area contributed by atoms with Crippen LogP contribution in [0.4, 0.5) is 4.39 Å². The molecule has 2 aliphatic rings. The Morgan fingerprint density at radius 2 is 2.06 bits per heavy atom. The number of allylic oxidation sites excluding steroid dienone is 4. The Balaban J connectivity index is 1.86. The Bertz CT molecular complexity index is 896. The average molecular weight is 450 g/mol. The van der Waals surface area contributed by atoms with Crippen LogP contribution >= 0.6 is 0 Å². The topological polar surface area (TPSA) is 97.3 Å². The molecule has 0 spiro atoms. The van der Waals surface area contributed by atoms with Gasteiger partial charge in [-0.3, -0.25) is 4.79 Å². The minimum absolute atomic E-state index is 0.117. The number of rotatable bonds is 7. The van der Waals surface area contributed by atoms with Crippen molar-refractivity contribution >= 4 is 11.5 Å². The molecule has 3 N–H and O–H groups in total. The molecule has 0 aromatic heterocycles. The van der Waals surface area contributed by atoms with E-state index < -0.39 is 30.2 Å². The molecule has 0 radical (unpaired) electrons. The Morgan fingerprint density at radius 1 is 1.31 bits per heavy atom. The molecule has 1 amide bonds. The van der Waals surface area contributed by atoms with E-state index in [1.807, 2.05) is 12.1 Å². The molecular formula is C24H32FNO6. The lowest BCUT2D eigenvalue weighted by Gasteiger charge is -2.46. The second-order valence-corrected chi connectivity index (χ2v) is 8.69. The molecule has 1 aliphatic carbocycles. The number of benzene rings is 1. The van der Waals surface area contributed by atoms with Crippen molar-refractivity contribution in [2.75, 3.05) is 13.7 Å². The molecule has 0 saturated carbocycles. The van der Waals surface area contributed by atoms with Gasteiger partial charge in [0.15, 0.2) is 0 Å². The summed E-state index contributed by atoms with van der Waals surface area (Å²) in [6.45, 7) is 5.41. The van der Waals surface area contributed by atoms with E-state index in [1.54, 1.807) is 26.0 Å². The normalized spacial score (nSPS) is 27.3. The number of hydrogen-bond donors (Lipinski definition) is 3. The molecule has 0 bridgehead atoms. The summed E-state index contributed by atoms with van der Waals surface area (Å²) in [5.74, 6) is 0.0999.